The van der Waals surface area contributed by atoms with Crippen molar-refractivity contribution in [2.24, 2.45) is 0 Å². The Kier molecular flexibility index (Phi) is 6.18. The van der Waals surface area contributed by atoms with Crippen LogP contribution in [0.3, 0.4) is 0 Å². The molecule has 0 radical (unpaired) electrons. The molecule has 0 atom stereocenters. The van der Waals surface area contributed by atoms with Crippen LogP contribution >= 0.6 is 0 Å². The summed E-state index contributed by atoms with van der Waals surface area (Å²) in [5, 5.41) is 9.26. The van der Waals surface area contributed by atoms with E-state index >= 15 is 0 Å². The van der Waals surface area contributed by atoms with Gasteiger partial charge in [-0.1, -0.05) is 24.3 Å². The van der Waals surface area contributed by atoms with Crippen LogP contribution in [0.25, 0.3) is 5.65 Å². The molecule has 4 aromatic rings. The zero-order valence-electron chi connectivity index (χ0n) is 19.6. The largest absolute Gasteiger partial charge is 0.426 e. The number of amides is 2. The molecule has 0 aliphatic carbocycles. The molecule has 11 heteroatoms. The fourth-order valence-corrected chi connectivity index (χ4v) is 3.95. The standard InChI is InChI=1S/C26H20FN5O5/c1-14(33)17-4-2-3-15(7-17)11-29-26(36)21-10-20(31-24-19(27)13-30-32(21)24)25(35)28-12-16-5-6-22-18(8-16)9-23(34)37-22/h2-8,10,13H,9,11-12H2,1H3,(H,28,35)(H,29,36). The first-order valence-corrected chi connectivity index (χ1v) is 11.3. The quantitative estimate of drug-likeness (QED) is 0.226. The predicted octanol–water partition coefficient (Wildman–Crippen LogP) is 2.39. The fraction of sp³-hybridized carbons (Fsp3) is 0.154. The maximum Gasteiger partial charge on any atom is 0.315 e. The topological polar surface area (TPSA) is 132 Å². The van der Waals surface area contributed by atoms with Crippen LogP contribution in [-0.4, -0.2) is 38.2 Å². The zero-order valence-corrected chi connectivity index (χ0v) is 19.6. The van der Waals surface area contributed by atoms with Crippen LogP contribution in [0.4, 0.5) is 4.39 Å². The molecule has 0 unspecified atom stereocenters. The average Bonchev–Trinajstić information content (AvgIpc) is 3.46. The summed E-state index contributed by atoms with van der Waals surface area (Å²) < 4.78 is 20.4. The average molecular weight is 501 g/mol. The second kappa shape index (κ2) is 9.61. The van der Waals surface area contributed by atoms with E-state index in [0.717, 1.165) is 21.8 Å². The molecular weight excluding hydrogens is 481 g/mol. The van der Waals surface area contributed by atoms with Crippen molar-refractivity contribution in [2.45, 2.75) is 26.4 Å². The van der Waals surface area contributed by atoms with Gasteiger partial charge in [0.1, 0.15) is 17.1 Å². The molecule has 3 heterocycles. The van der Waals surface area contributed by atoms with E-state index in [1.165, 1.54) is 13.0 Å². The normalized spacial score (nSPS) is 12.2. The second-order valence-corrected chi connectivity index (χ2v) is 8.47. The van der Waals surface area contributed by atoms with E-state index in [2.05, 4.69) is 20.7 Å². The third-order valence-electron chi connectivity index (χ3n) is 5.82. The minimum absolute atomic E-state index is 0.0880. The first kappa shape index (κ1) is 23.8. The van der Waals surface area contributed by atoms with Crippen LogP contribution in [0.2, 0.25) is 0 Å². The van der Waals surface area contributed by atoms with Gasteiger partial charge < -0.3 is 15.4 Å². The van der Waals surface area contributed by atoms with Gasteiger partial charge in [0.2, 0.25) is 0 Å². The first-order valence-electron chi connectivity index (χ1n) is 11.3. The van der Waals surface area contributed by atoms with E-state index in [-0.39, 0.29) is 48.3 Å². The van der Waals surface area contributed by atoms with E-state index in [0.29, 0.717) is 16.9 Å². The highest BCUT2D eigenvalue weighted by atomic mass is 19.1. The number of rotatable bonds is 7. The van der Waals surface area contributed by atoms with Crippen molar-refractivity contribution < 1.29 is 28.3 Å². The lowest BCUT2D eigenvalue weighted by Gasteiger charge is -2.10. The summed E-state index contributed by atoms with van der Waals surface area (Å²) in [6.45, 7) is 1.66. The van der Waals surface area contributed by atoms with Gasteiger partial charge in [0, 0.05) is 30.3 Å². The molecule has 10 nitrogen and oxygen atoms in total. The Bertz CT molecular complexity index is 1600. The lowest BCUT2D eigenvalue weighted by atomic mass is 10.1. The Morgan fingerprint density at radius 1 is 1.03 bits per heavy atom. The number of halogens is 1. The Balaban J connectivity index is 1.34. The summed E-state index contributed by atoms with van der Waals surface area (Å²) in [5.41, 5.74) is 2.12. The smallest absolute Gasteiger partial charge is 0.315 e. The third kappa shape index (κ3) is 4.92. The summed E-state index contributed by atoms with van der Waals surface area (Å²) >= 11 is 0. The number of benzene rings is 2. The van der Waals surface area contributed by atoms with Crippen molar-refractivity contribution in [1.29, 1.82) is 0 Å². The predicted molar refractivity (Wildman–Crippen MR) is 128 cm³/mol. The number of nitrogens with zero attached hydrogens (tertiary/aromatic N) is 3. The van der Waals surface area contributed by atoms with E-state index < -0.39 is 17.6 Å². The number of carbonyl (C=O) groups is 4. The van der Waals surface area contributed by atoms with Crippen LogP contribution in [0.1, 0.15) is 54.9 Å². The minimum Gasteiger partial charge on any atom is -0.426 e. The summed E-state index contributed by atoms with van der Waals surface area (Å²) in [5.74, 6) is -1.98. The van der Waals surface area contributed by atoms with Gasteiger partial charge >= 0.3 is 5.97 Å². The molecular formula is C26H20FN5O5. The molecule has 37 heavy (non-hydrogen) atoms. The van der Waals surface area contributed by atoms with Crippen LogP contribution < -0.4 is 15.4 Å². The summed E-state index contributed by atoms with van der Waals surface area (Å²) in [7, 11) is 0. The van der Waals surface area contributed by atoms with Crippen LogP contribution in [0.5, 0.6) is 5.75 Å². The number of ether oxygens (including phenoxy) is 1. The first-order chi connectivity index (χ1) is 17.8. The number of ketones is 1. The van der Waals surface area contributed by atoms with Crippen molar-refractivity contribution in [2.75, 3.05) is 0 Å². The Hall–Kier alpha value is -4.93. The number of esters is 1. The van der Waals surface area contributed by atoms with Crippen LogP contribution in [0.15, 0.2) is 54.7 Å². The monoisotopic (exact) mass is 501 g/mol. The number of hydrogen-bond acceptors (Lipinski definition) is 7. The summed E-state index contributed by atoms with van der Waals surface area (Å²) in [4.78, 5) is 53.0. The maximum atomic E-state index is 14.3. The molecule has 0 saturated carbocycles. The van der Waals surface area contributed by atoms with Crippen molar-refractivity contribution in [3.05, 3.63) is 94.2 Å². The van der Waals surface area contributed by atoms with Crippen molar-refractivity contribution in [3.8, 4) is 5.75 Å². The highest BCUT2D eigenvalue weighted by molar-refractivity contribution is 5.98. The lowest BCUT2D eigenvalue weighted by Crippen LogP contribution is -2.28. The van der Waals surface area contributed by atoms with Gasteiger partial charge in [0.25, 0.3) is 11.8 Å². The number of fused-ring (bicyclic) bond motifs is 2. The van der Waals surface area contributed by atoms with Gasteiger partial charge in [-0.15, -0.1) is 0 Å². The number of aromatic nitrogens is 3. The van der Waals surface area contributed by atoms with E-state index in [1.807, 2.05) is 0 Å². The molecule has 2 aromatic heterocycles. The Morgan fingerprint density at radius 3 is 2.57 bits per heavy atom. The third-order valence-corrected chi connectivity index (χ3v) is 5.82. The highest BCUT2D eigenvalue weighted by Crippen LogP contribution is 2.26. The minimum atomic E-state index is -0.791. The fourth-order valence-electron chi connectivity index (χ4n) is 3.95. The van der Waals surface area contributed by atoms with Gasteiger partial charge in [-0.25, -0.2) is 13.9 Å². The number of hydrogen-bond donors (Lipinski definition) is 2. The van der Waals surface area contributed by atoms with Crippen LogP contribution in [0, 0.1) is 5.82 Å². The molecule has 186 valence electrons. The van der Waals surface area contributed by atoms with E-state index in [1.54, 1.807) is 42.5 Å². The zero-order chi connectivity index (χ0) is 26.1. The maximum absolute atomic E-state index is 14.3. The highest BCUT2D eigenvalue weighted by Gasteiger charge is 2.22. The lowest BCUT2D eigenvalue weighted by molar-refractivity contribution is -0.131. The second-order valence-electron chi connectivity index (χ2n) is 8.47. The van der Waals surface area contributed by atoms with Gasteiger partial charge in [0.15, 0.2) is 17.2 Å². The number of nitrogens with one attached hydrogen (secondary N) is 2. The Morgan fingerprint density at radius 2 is 1.78 bits per heavy atom. The van der Waals surface area contributed by atoms with Crippen molar-refractivity contribution in [1.82, 2.24) is 25.2 Å². The molecule has 0 fully saturated rings. The van der Waals surface area contributed by atoms with E-state index in [4.69, 9.17) is 4.74 Å². The van der Waals surface area contributed by atoms with E-state index in [9.17, 15) is 23.6 Å². The molecule has 5 rings (SSSR count). The molecule has 0 spiro atoms. The van der Waals surface area contributed by atoms with Crippen molar-refractivity contribution >= 4 is 29.2 Å². The molecule has 2 amide bonds. The molecule has 1 aliphatic heterocycles. The van der Waals surface area contributed by atoms with Gasteiger partial charge in [-0.2, -0.15) is 5.10 Å². The van der Waals surface area contributed by atoms with Gasteiger partial charge in [-0.3, -0.25) is 19.2 Å². The molecule has 0 saturated heterocycles. The SMILES string of the molecule is CC(=O)c1cccc(CNC(=O)c2cc(C(=O)NCc3ccc4c(c3)CC(=O)O4)nc3c(F)cnn23)c1. The van der Waals surface area contributed by atoms with Gasteiger partial charge in [-0.05, 0) is 36.2 Å². The summed E-state index contributed by atoms with van der Waals surface area (Å²) in [6, 6.07) is 13.2. The van der Waals surface area contributed by atoms with Gasteiger partial charge in [0.05, 0.1) is 12.6 Å². The molecule has 0 bridgehead atoms. The van der Waals surface area contributed by atoms with Crippen molar-refractivity contribution in [3.63, 3.8) is 0 Å². The Labute approximate surface area is 209 Å². The molecule has 2 N–H and O–H groups in total. The number of Topliss-reactive ketones (excluding diaryl/α,β-unsaturated/α-hetero) is 1. The molecule has 1 aliphatic rings. The molecule has 2 aromatic carbocycles. The summed E-state index contributed by atoms with van der Waals surface area (Å²) in [6.07, 6.45) is 1.07. The number of carbonyl (C=O) groups excluding carboxylic acids is 4. The van der Waals surface area contributed by atoms with Crippen LogP contribution in [-0.2, 0) is 24.3 Å².